The van der Waals surface area contributed by atoms with Gasteiger partial charge in [-0.2, -0.15) is 23.4 Å². The monoisotopic (exact) mass is 428 g/mol. The Morgan fingerprint density at radius 3 is 2.34 bits per heavy atom. The van der Waals surface area contributed by atoms with Crippen molar-refractivity contribution in [2.45, 2.75) is 38.0 Å². The van der Waals surface area contributed by atoms with Gasteiger partial charge in [0.2, 0.25) is 0 Å². The van der Waals surface area contributed by atoms with E-state index in [9.17, 15) is 22.7 Å². The molecule has 4 nitrogen and oxygen atoms in total. The number of halogens is 4. The third-order valence-electron chi connectivity index (χ3n) is 5.60. The number of thiophene rings is 1. The normalized spacial score (nSPS) is 15.9. The van der Waals surface area contributed by atoms with E-state index in [-0.39, 0.29) is 16.2 Å². The minimum atomic E-state index is -4.98. The van der Waals surface area contributed by atoms with Crippen LogP contribution in [0.3, 0.4) is 0 Å². The lowest BCUT2D eigenvalue weighted by Crippen LogP contribution is -2.53. The lowest BCUT2D eigenvalue weighted by Gasteiger charge is -2.44. The second kappa shape index (κ2) is 7.21. The van der Waals surface area contributed by atoms with Gasteiger partial charge < -0.3 is 9.84 Å². The van der Waals surface area contributed by atoms with Crippen molar-refractivity contribution < 1.29 is 27.4 Å². The zero-order valence-corrected chi connectivity index (χ0v) is 17.0. The zero-order chi connectivity index (χ0) is 21.6. The number of methoxy groups -OCH3 is 1. The van der Waals surface area contributed by atoms with E-state index in [1.165, 1.54) is 58.5 Å². The first-order valence-corrected chi connectivity index (χ1v) is 9.58. The Kier molecular flexibility index (Phi) is 5.33. The molecular formula is C20H20F4N2O2S. The second-order valence-electron chi connectivity index (χ2n) is 7.47. The molecule has 0 aliphatic heterocycles. The Bertz CT molecular complexity index is 1000. The Labute approximate surface area is 169 Å². The molecule has 0 saturated carbocycles. The maximum Gasteiger partial charge on any atom is 0.422 e. The van der Waals surface area contributed by atoms with Crippen LogP contribution in [0.4, 0.5) is 17.6 Å². The number of fused-ring (bicyclic) bond motifs is 1. The number of ether oxygens (including phenoxy) is 1. The molecule has 2 atom stereocenters. The van der Waals surface area contributed by atoms with Crippen molar-refractivity contribution in [3.8, 4) is 5.75 Å². The molecule has 156 valence electrons. The van der Waals surface area contributed by atoms with E-state index in [1.807, 2.05) is 0 Å². The Morgan fingerprint density at radius 2 is 1.76 bits per heavy atom. The van der Waals surface area contributed by atoms with E-state index in [0.29, 0.717) is 10.1 Å². The predicted octanol–water partition coefficient (Wildman–Crippen LogP) is 5.20. The summed E-state index contributed by atoms with van der Waals surface area (Å²) in [6, 6.07) is 4.95. The summed E-state index contributed by atoms with van der Waals surface area (Å²) in [4.78, 5) is -0.272. The molecule has 0 aliphatic carbocycles. The van der Waals surface area contributed by atoms with Crippen LogP contribution in [0, 0.1) is 11.7 Å². The highest BCUT2D eigenvalue weighted by molar-refractivity contribution is 7.19. The van der Waals surface area contributed by atoms with E-state index < -0.39 is 28.9 Å². The summed E-state index contributed by atoms with van der Waals surface area (Å²) in [7, 11) is 1.36. The summed E-state index contributed by atoms with van der Waals surface area (Å²) in [6.45, 7) is 4.36. The minimum Gasteiger partial charge on any atom is -0.496 e. The third-order valence-corrected chi connectivity index (χ3v) is 6.81. The largest absolute Gasteiger partial charge is 0.496 e. The van der Waals surface area contributed by atoms with Crippen LogP contribution in [0.15, 0.2) is 36.7 Å². The quantitative estimate of drug-likeness (QED) is 0.568. The van der Waals surface area contributed by atoms with Crippen molar-refractivity contribution in [1.29, 1.82) is 0 Å². The summed E-state index contributed by atoms with van der Waals surface area (Å²) >= 11 is 0.806. The Hall–Kier alpha value is -2.26. The molecule has 1 N–H and O–H groups in total. The van der Waals surface area contributed by atoms with Crippen LogP contribution in [0.2, 0.25) is 0 Å². The molecule has 0 saturated heterocycles. The molecule has 9 heteroatoms. The summed E-state index contributed by atoms with van der Waals surface area (Å²) < 4.78 is 62.5. The molecule has 1 aromatic carbocycles. The minimum absolute atomic E-state index is 0.236. The van der Waals surface area contributed by atoms with Crippen LogP contribution in [-0.4, -0.2) is 28.6 Å². The van der Waals surface area contributed by atoms with Crippen LogP contribution >= 0.6 is 11.3 Å². The van der Waals surface area contributed by atoms with Crippen LogP contribution in [-0.2, 0) is 11.0 Å². The maximum absolute atomic E-state index is 14.3. The number of aromatic nitrogens is 2. The second-order valence-corrected chi connectivity index (χ2v) is 8.56. The van der Waals surface area contributed by atoms with Gasteiger partial charge in [0.25, 0.3) is 0 Å². The highest BCUT2D eigenvalue weighted by Gasteiger charge is 2.62. The molecule has 2 aromatic heterocycles. The average molecular weight is 428 g/mol. The standard InChI is InChI=1S/C20H20F4N2O2S/c1-11(18(2,3)14-8-13(21)5-6-15(14)28-4)19(27,20(22,23)24)17-7-12-9-25-26-10-16(12)29-17/h5-11,27H,1-4H3. The molecule has 29 heavy (non-hydrogen) atoms. The first-order chi connectivity index (χ1) is 13.4. The summed E-state index contributed by atoms with van der Waals surface area (Å²) in [5, 5.41) is 18.9. The lowest BCUT2D eigenvalue weighted by atomic mass is 9.65. The zero-order valence-electron chi connectivity index (χ0n) is 16.2. The van der Waals surface area contributed by atoms with Crippen molar-refractivity contribution in [2.75, 3.05) is 7.11 Å². The Balaban J connectivity index is 2.20. The highest BCUT2D eigenvalue weighted by atomic mass is 32.1. The molecule has 3 rings (SSSR count). The van der Waals surface area contributed by atoms with E-state index in [4.69, 9.17) is 4.74 Å². The lowest BCUT2D eigenvalue weighted by molar-refractivity contribution is -0.290. The van der Waals surface area contributed by atoms with Crippen LogP contribution in [0.1, 0.15) is 31.2 Å². The summed E-state index contributed by atoms with van der Waals surface area (Å²) in [5.41, 5.74) is -4.25. The number of rotatable bonds is 5. The number of nitrogens with zero attached hydrogens (tertiary/aromatic N) is 2. The van der Waals surface area contributed by atoms with Crippen LogP contribution in [0.5, 0.6) is 5.75 Å². The smallest absolute Gasteiger partial charge is 0.422 e. The van der Waals surface area contributed by atoms with Gasteiger partial charge in [-0.3, -0.25) is 0 Å². The summed E-state index contributed by atoms with van der Waals surface area (Å²) in [5.74, 6) is -1.74. The van der Waals surface area contributed by atoms with E-state index in [2.05, 4.69) is 10.2 Å². The maximum atomic E-state index is 14.3. The fourth-order valence-corrected chi connectivity index (χ4v) is 4.73. The third kappa shape index (κ3) is 3.46. The summed E-state index contributed by atoms with van der Waals surface area (Å²) in [6.07, 6.45) is -2.28. The topological polar surface area (TPSA) is 55.2 Å². The van der Waals surface area contributed by atoms with Crippen molar-refractivity contribution in [1.82, 2.24) is 10.2 Å². The predicted molar refractivity (Wildman–Crippen MR) is 103 cm³/mol. The van der Waals surface area contributed by atoms with Gasteiger partial charge in [-0.25, -0.2) is 4.39 Å². The number of aliphatic hydroxyl groups is 1. The van der Waals surface area contributed by atoms with Crippen LogP contribution < -0.4 is 4.74 Å². The number of alkyl halides is 3. The van der Waals surface area contributed by atoms with Crippen molar-refractivity contribution in [3.63, 3.8) is 0 Å². The fourth-order valence-electron chi connectivity index (χ4n) is 3.53. The molecule has 0 spiro atoms. The Morgan fingerprint density at radius 1 is 1.10 bits per heavy atom. The number of benzene rings is 1. The first-order valence-electron chi connectivity index (χ1n) is 8.76. The van der Waals surface area contributed by atoms with Gasteiger partial charge in [0.15, 0.2) is 5.60 Å². The van der Waals surface area contributed by atoms with Crippen LogP contribution in [0.25, 0.3) is 10.1 Å². The van der Waals surface area contributed by atoms with Crippen molar-refractivity contribution >= 4 is 21.4 Å². The highest BCUT2D eigenvalue weighted by Crippen LogP contribution is 2.54. The van der Waals surface area contributed by atoms with Crippen molar-refractivity contribution in [3.05, 3.63) is 52.9 Å². The molecule has 2 unspecified atom stereocenters. The van der Waals surface area contributed by atoms with E-state index >= 15 is 0 Å². The van der Waals surface area contributed by atoms with Gasteiger partial charge >= 0.3 is 6.18 Å². The van der Waals surface area contributed by atoms with Crippen molar-refractivity contribution in [2.24, 2.45) is 5.92 Å². The number of hydrogen-bond donors (Lipinski definition) is 1. The van der Waals surface area contributed by atoms with Gasteiger partial charge in [0.05, 0.1) is 24.2 Å². The van der Waals surface area contributed by atoms with Gasteiger partial charge in [0.1, 0.15) is 11.6 Å². The molecule has 0 aliphatic rings. The molecule has 0 amide bonds. The fraction of sp³-hybridized carbons (Fsp3) is 0.400. The first kappa shape index (κ1) is 21.4. The SMILES string of the molecule is COc1ccc(F)cc1C(C)(C)C(C)C(O)(c1cc2cnncc2s1)C(F)(F)F. The molecule has 3 aromatic rings. The van der Waals surface area contributed by atoms with E-state index in [1.54, 1.807) is 0 Å². The van der Waals surface area contributed by atoms with Gasteiger partial charge in [-0.1, -0.05) is 20.8 Å². The van der Waals surface area contributed by atoms with Gasteiger partial charge in [0, 0.05) is 21.7 Å². The molecule has 0 bridgehead atoms. The van der Waals surface area contributed by atoms with Gasteiger partial charge in [-0.15, -0.1) is 11.3 Å². The average Bonchev–Trinajstić information content (AvgIpc) is 3.10. The van der Waals surface area contributed by atoms with E-state index in [0.717, 1.165) is 17.4 Å². The molecule has 0 fully saturated rings. The molecule has 2 heterocycles. The number of hydrogen-bond acceptors (Lipinski definition) is 5. The molecule has 0 radical (unpaired) electrons. The van der Waals surface area contributed by atoms with Gasteiger partial charge in [-0.05, 0) is 29.7 Å². The molecular weight excluding hydrogens is 408 g/mol.